The van der Waals surface area contributed by atoms with E-state index in [4.69, 9.17) is 24.3 Å². The fourth-order valence-electron chi connectivity index (χ4n) is 5.08. The van der Waals surface area contributed by atoms with Crippen molar-refractivity contribution in [2.24, 2.45) is 5.92 Å². The number of nitrogens with zero attached hydrogens (tertiary/aromatic N) is 3. The van der Waals surface area contributed by atoms with Crippen LogP contribution in [-0.2, 0) is 28.8 Å². The van der Waals surface area contributed by atoms with Gasteiger partial charge in [0.2, 0.25) is 0 Å². The van der Waals surface area contributed by atoms with Gasteiger partial charge in [-0.1, -0.05) is 12.1 Å². The fourth-order valence-corrected chi connectivity index (χ4v) is 6.37. The summed E-state index contributed by atoms with van der Waals surface area (Å²) in [7, 11) is -3.90. The Labute approximate surface area is 214 Å². The maximum Gasteiger partial charge on any atom is 0.459 e. The number of ether oxygens (including phenoxy) is 2. The third kappa shape index (κ3) is 4.84. The zero-order valence-corrected chi connectivity index (χ0v) is 21.4. The number of nitrogen functional groups attached to an aromatic ring is 1. The van der Waals surface area contributed by atoms with Crippen molar-refractivity contribution >= 4 is 25.1 Å². The zero-order valence-electron chi connectivity index (χ0n) is 20.5. The van der Waals surface area contributed by atoms with E-state index in [9.17, 15) is 9.36 Å². The first-order chi connectivity index (χ1) is 17.9. The van der Waals surface area contributed by atoms with Crippen molar-refractivity contribution in [3.8, 4) is 5.75 Å². The van der Waals surface area contributed by atoms with Gasteiger partial charge in [0.15, 0.2) is 5.82 Å². The lowest BCUT2D eigenvalue weighted by atomic mass is 10.0. The molecule has 37 heavy (non-hydrogen) atoms. The molecule has 3 fully saturated rings. The molecule has 3 N–H and O–H groups in total. The van der Waals surface area contributed by atoms with Gasteiger partial charge in [0.05, 0.1) is 25.0 Å². The molecule has 2 aromatic heterocycles. The molecule has 196 valence electrons. The van der Waals surface area contributed by atoms with Crippen LogP contribution in [0.15, 0.2) is 42.7 Å². The van der Waals surface area contributed by atoms with Gasteiger partial charge in [-0.05, 0) is 73.8 Å². The van der Waals surface area contributed by atoms with Crippen molar-refractivity contribution in [3.63, 3.8) is 0 Å². The normalized spacial score (nSPS) is 27.4. The maximum atomic E-state index is 13.6. The van der Waals surface area contributed by atoms with E-state index < -0.39 is 13.7 Å². The van der Waals surface area contributed by atoms with Crippen LogP contribution >= 0.6 is 7.75 Å². The standard InChI is InChI=1S/C25H30N5O6P/c1-2-33-23(31)13-29-37(32,36-18-5-3-16(4-6-18)25-11-17(25)12-25)34-14-19-7-10-22(35-19)20-8-9-21-24(26)27-15-28-30(20)21/h3-6,8-9,15,17,19,22H,2,7,10-14H2,1H3,(H,29,32)(H2,26,27,28). The molecule has 3 atom stereocenters. The lowest BCUT2D eigenvalue weighted by Gasteiger charge is -2.22. The Hall–Kier alpha value is -2.98. The summed E-state index contributed by atoms with van der Waals surface area (Å²) in [4.78, 5) is 15.9. The van der Waals surface area contributed by atoms with E-state index in [1.165, 1.54) is 24.7 Å². The Morgan fingerprint density at radius 1 is 1.24 bits per heavy atom. The molecule has 0 bridgehead atoms. The highest BCUT2D eigenvalue weighted by Crippen LogP contribution is 2.75. The number of carbonyl (C=O) groups is 1. The second kappa shape index (κ2) is 9.40. The fraction of sp³-hybridized carbons (Fsp3) is 0.480. The average molecular weight is 528 g/mol. The molecule has 11 nitrogen and oxygen atoms in total. The summed E-state index contributed by atoms with van der Waals surface area (Å²) >= 11 is 0. The number of hydrogen-bond acceptors (Lipinski definition) is 9. The summed E-state index contributed by atoms with van der Waals surface area (Å²) in [6.07, 6.45) is 4.78. The molecule has 0 radical (unpaired) electrons. The van der Waals surface area contributed by atoms with Crippen molar-refractivity contribution in [1.82, 2.24) is 19.7 Å². The zero-order chi connectivity index (χ0) is 25.6. The predicted octanol–water partition coefficient (Wildman–Crippen LogP) is 3.55. The minimum Gasteiger partial charge on any atom is -0.465 e. The van der Waals surface area contributed by atoms with E-state index in [-0.39, 0.29) is 32.0 Å². The van der Waals surface area contributed by atoms with Crippen LogP contribution in [0.5, 0.6) is 5.75 Å². The van der Waals surface area contributed by atoms with Crippen LogP contribution in [-0.4, -0.2) is 46.4 Å². The Kier molecular flexibility index (Phi) is 6.19. The van der Waals surface area contributed by atoms with Gasteiger partial charge in [-0.25, -0.2) is 19.2 Å². The Bertz CT molecular complexity index is 1360. The van der Waals surface area contributed by atoms with Crippen LogP contribution < -0.4 is 15.3 Å². The average Bonchev–Trinajstić information content (AvgIpc) is 3.61. The Morgan fingerprint density at radius 3 is 2.76 bits per heavy atom. The smallest absolute Gasteiger partial charge is 0.459 e. The first-order valence-corrected chi connectivity index (χ1v) is 14.1. The molecule has 1 aromatic carbocycles. The van der Waals surface area contributed by atoms with Gasteiger partial charge < -0.3 is 19.7 Å². The first kappa shape index (κ1) is 24.4. The second-order valence-electron chi connectivity index (χ2n) is 9.83. The quantitative estimate of drug-likeness (QED) is 0.281. The number of fused-ring (bicyclic) bond motifs is 2. The summed E-state index contributed by atoms with van der Waals surface area (Å²) in [6.45, 7) is 1.64. The van der Waals surface area contributed by atoms with Crippen molar-refractivity contribution < 1.29 is 27.9 Å². The van der Waals surface area contributed by atoms with Gasteiger partial charge in [0, 0.05) is 0 Å². The van der Waals surface area contributed by atoms with Gasteiger partial charge in [-0.3, -0.25) is 9.32 Å². The highest BCUT2D eigenvalue weighted by molar-refractivity contribution is 7.52. The van der Waals surface area contributed by atoms with Crippen molar-refractivity contribution in [3.05, 3.63) is 54.0 Å². The van der Waals surface area contributed by atoms with Gasteiger partial charge in [0.1, 0.15) is 30.2 Å². The molecule has 0 amide bonds. The molecule has 1 aliphatic heterocycles. The second-order valence-corrected chi connectivity index (χ2v) is 11.6. The first-order valence-electron chi connectivity index (χ1n) is 12.6. The molecule has 3 aliphatic rings. The highest BCUT2D eigenvalue weighted by atomic mass is 31.2. The molecule has 3 heterocycles. The largest absolute Gasteiger partial charge is 0.465 e. The van der Waals surface area contributed by atoms with Crippen LogP contribution in [0.25, 0.3) is 5.52 Å². The van der Waals surface area contributed by atoms with Gasteiger partial charge >= 0.3 is 13.7 Å². The highest BCUT2D eigenvalue weighted by Gasteiger charge is 2.70. The molecule has 3 aromatic rings. The summed E-state index contributed by atoms with van der Waals surface area (Å²) < 4.78 is 38.0. The van der Waals surface area contributed by atoms with Crippen LogP contribution in [0.2, 0.25) is 0 Å². The number of nitrogens with two attached hydrogens (primary N) is 1. The SMILES string of the molecule is CCOC(=O)CNP(=O)(OCC1CCC(c2ccc3c(N)ncnn23)O1)Oc1ccc(C23CC2C3)cc1. The molecule has 1 saturated heterocycles. The van der Waals surface area contributed by atoms with E-state index in [0.29, 0.717) is 28.9 Å². The number of esters is 1. The van der Waals surface area contributed by atoms with Gasteiger partial charge in [-0.2, -0.15) is 5.10 Å². The van der Waals surface area contributed by atoms with Crippen molar-refractivity contribution in [1.29, 1.82) is 0 Å². The number of nitrogens with one attached hydrogen (secondary N) is 1. The summed E-state index contributed by atoms with van der Waals surface area (Å²) in [6, 6.07) is 11.4. The molecule has 0 spiro atoms. The van der Waals surface area contributed by atoms with Gasteiger partial charge in [0.25, 0.3) is 0 Å². The van der Waals surface area contributed by atoms with Crippen LogP contribution in [0.4, 0.5) is 5.82 Å². The summed E-state index contributed by atoms with van der Waals surface area (Å²) in [5, 5.41) is 6.92. The molecular weight excluding hydrogens is 497 g/mol. The number of rotatable bonds is 11. The maximum absolute atomic E-state index is 13.6. The lowest BCUT2D eigenvalue weighted by Crippen LogP contribution is -2.27. The number of aromatic nitrogens is 3. The third-order valence-electron chi connectivity index (χ3n) is 7.44. The van der Waals surface area contributed by atoms with E-state index >= 15 is 0 Å². The van der Waals surface area contributed by atoms with Gasteiger partial charge in [-0.15, -0.1) is 0 Å². The molecule has 2 saturated carbocycles. The van der Waals surface area contributed by atoms with Crippen LogP contribution in [0.3, 0.4) is 0 Å². The van der Waals surface area contributed by atoms with Crippen molar-refractivity contribution in [2.45, 2.75) is 50.2 Å². The van der Waals surface area contributed by atoms with Crippen LogP contribution in [0, 0.1) is 5.92 Å². The minimum atomic E-state index is -3.90. The topological polar surface area (TPSA) is 139 Å². The Morgan fingerprint density at radius 2 is 2.03 bits per heavy atom. The molecular formula is C25H30N5O6P. The predicted molar refractivity (Wildman–Crippen MR) is 134 cm³/mol. The monoisotopic (exact) mass is 527 g/mol. The molecule has 6 rings (SSSR count). The number of hydrogen-bond donors (Lipinski definition) is 2. The molecule has 2 aliphatic carbocycles. The number of anilines is 1. The van der Waals surface area contributed by atoms with Crippen LogP contribution in [0.1, 0.15) is 50.0 Å². The lowest BCUT2D eigenvalue weighted by molar-refractivity contribution is -0.141. The molecule has 12 heteroatoms. The van der Waals surface area contributed by atoms with E-state index in [0.717, 1.165) is 18.0 Å². The van der Waals surface area contributed by atoms with E-state index in [2.05, 4.69) is 15.2 Å². The van der Waals surface area contributed by atoms with E-state index in [1.54, 1.807) is 23.6 Å². The summed E-state index contributed by atoms with van der Waals surface area (Å²) in [5.74, 6) is 1.08. The van der Waals surface area contributed by atoms with Crippen molar-refractivity contribution in [2.75, 3.05) is 25.5 Å². The third-order valence-corrected chi connectivity index (χ3v) is 8.92. The Balaban J connectivity index is 1.11. The number of carbonyl (C=O) groups excluding carboxylic acids is 1. The molecule has 3 unspecified atom stereocenters. The number of benzene rings is 1. The minimum absolute atomic E-state index is 0.0207. The van der Waals surface area contributed by atoms with E-state index in [1.807, 2.05) is 24.3 Å². The summed E-state index contributed by atoms with van der Waals surface area (Å²) in [5.41, 5.74) is 9.18.